The molecule has 0 spiro atoms. The van der Waals surface area contributed by atoms with Gasteiger partial charge < -0.3 is 4.98 Å². The van der Waals surface area contributed by atoms with Gasteiger partial charge in [0.1, 0.15) is 5.82 Å². The Balaban J connectivity index is 2.44. The Hall–Kier alpha value is -2.09. The third-order valence-corrected chi connectivity index (χ3v) is 2.66. The van der Waals surface area contributed by atoms with Crippen LogP contribution in [0.1, 0.15) is 26.1 Å². The average molecular weight is 238 g/mol. The molecule has 0 unspecified atom stereocenters. The van der Waals surface area contributed by atoms with E-state index >= 15 is 0 Å². The van der Waals surface area contributed by atoms with Crippen molar-refractivity contribution in [1.29, 1.82) is 0 Å². The topological polar surface area (TPSA) is 28.7 Å². The lowest BCUT2D eigenvalue weighted by atomic mass is 10.2. The van der Waals surface area contributed by atoms with Gasteiger partial charge in [-0.15, -0.1) is 0 Å². The van der Waals surface area contributed by atoms with E-state index < -0.39 is 0 Å². The molecule has 0 radical (unpaired) electrons. The van der Waals surface area contributed by atoms with E-state index in [0.29, 0.717) is 0 Å². The molecule has 2 rings (SSSR count). The van der Waals surface area contributed by atoms with E-state index in [1.807, 2.05) is 43.3 Å². The minimum atomic E-state index is 0.916. The number of H-pyrrole nitrogens is 1. The largest absolute Gasteiger partial charge is 0.338 e. The van der Waals surface area contributed by atoms with E-state index in [2.05, 4.69) is 35.1 Å². The molecule has 1 aromatic carbocycles. The van der Waals surface area contributed by atoms with Crippen molar-refractivity contribution in [3.8, 4) is 0 Å². The van der Waals surface area contributed by atoms with Gasteiger partial charge in [0.2, 0.25) is 0 Å². The van der Waals surface area contributed by atoms with Gasteiger partial charge >= 0.3 is 0 Å². The van der Waals surface area contributed by atoms with E-state index in [1.54, 1.807) is 0 Å². The van der Waals surface area contributed by atoms with Crippen LogP contribution in [-0.2, 0) is 0 Å². The maximum Gasteiger partial charge on any atom is 0.138 e. The predicted octanol–water partition coefficient (Wildman–Crippen LogP) is 4.49. The molecule has 0 bridgehead atoms. The summed E-state index contributed by atoms with van der Waals surface area (Å²) in [5, 5.41) is 0. The van der Waals surface area contributed by atoms with Gasteiger partial charge in [0.15, 0.2) is 0 Å². The Morgan fingerprint density at radius 2 is 2.17 bits per heavy atom. The van der Waals surface area contributed by atoms with E-state index in [0.717, 1.165) is 28.9 Å². The van der Waals surface area contributed by atoms with Gasteiger partial charge in [-0.3, -0.25) is 0 Å². The second-order valence-corrected chi connectivity index (χ2v) is 4.06. The SMILES string of the molecule is C\C=C/C=C(\C=C/CC)c1nc2ccccc2[nH]1. The standard InChI is InChI=1S/C16H18N2/c1-3-5-9-13(10-6-4-2)16-17-14-11-7-8-12-15(14)18-16/h3,5-12H,4H2,1-2H3,(H,17,18)/b5-3-,10-6-,13-9+. The Morgan fingerprint density at radius 1 is 1.33 bits per heavy atom. The van der Waals surface area contributed by atoms with Crippen molar-refractivity contribution in [2.75, 3.05) is 0 Å². The fourth-order valence-corrected chi connectivity index (χ4v) is 1.75. The van der Waals surface area contributed by atoms with E-state index in [1.165, 1.54) is 0 Å². The third kappa shape index (κ3) is 2.77. The van der Waals surface area contributed by atoms with Gasteiger partial charge in [-0.25, -0.2) is 4.98 Å². The zero-order valence-electron chi connectivity index (χ0n) is 10.9. The molecular weight excluding hydrogens is 220 g/mol. The van der Waals surface area contributed by atoms with Crippen LogP contribution in [0, 0.1) is 0 Å². The van der Waals surface area contributed by atoms with Crippen molar-refractivity contribution < 1.29 is 0 Å². The maximum absolute atomic E-state index is 4.61. The minimum Gasteiger partial charge on any atom is -0.338 e. The van der Waals surface area contributed by atoms with Crippen molar-refractivity contribution in [2.24, 2.45) is 0 Å². The number of allylic oxidation sites excluding steroid dienone is 6. The second kappa shape index (κ2) is 6.01. The van der Waals surface area contributed by atoms with E-state index in [4.69, 9.17) is 0 Å². The first-order chi connectivity index (χ1) is 8.85. The number of para-hydroxylation sites is 2. The molecule has 0 aliphatic carbocycles. The number of imidazole rings is 1. The first-order valence-corrected chi connectivity index (χ1v) is 6.29. The summed E-state index contributed by atoms with van der Waals surface area (Å²) in [6, 6.07) is 8.08. The van der Waals surface area contributed by atoms with Crippen LogP contribution in [0.2, 0.25) is 0 Å². The lowest BCUT2D eigenvalue weighted by Gasteiger charge is -1.95. The highest BCUT2D eigenvalue weighted by atomic mass is 14.9. The summed E-state index contributed by atoms with van der Waals surface area (Å²) in [6.07, 6.45) is 11.4. The molecule has 0 aliphatic heterocycles. The number of fused-ring (bicyclic) bond motifs is 1. The number of benzene rings is 1. The molecule has 2 heteroatoms. The molecule has 0 fully saturated rings. The number of aromatic amines is 1. The van der Waals surface area contributed by atoms with Crippen LogP contribution >= 0.6 is 0 Å². The summed E-state index contributed by atoms with van der Waals surface area (Å²) in [5.74, 6) is 0.916. The molecule has 0 atom stereocenters. The minimum absolute atomic E-state index is 0.916. The lowest BCUT2D eigenvalue weighted by Crippen LogP contribution is -1.83. The quantitative estimate of drug-likeness (QED) is 0.781. The van der Waals surface area contributed by atoms with Crippen LogP contribution in [0.5, 0.6) is 0 Å². The van der Waals surface area contributed by atoms with Crippen LogP contribution in [-0.4, -0.2) is 9.97 Å². The smallest absolute Gasteiger partial charge is 0.138 e. The molecule has 18 heavy (non-hydrogen) atoms. The Bertz CT molecular complexity index is 567. The fraction of sp³-hybridized carbons (Fsp3) is 0.188. The normalized spacial score (nSPS) is 13.1. The van der Waals surface area contributed by atoms with Gasteiger partial charge in [0, 0.05) is 5.57 Å². The van der Waals surface area contributed by atoms with Crippen LogP contribution in [0.25, 0.3) is 16.6 Å². The summed E-state index contributed by atoms with van der Waals surface area (Å²) < 4.78 is 0. The van der Waals surface area contributed by atoms with Gasteiger partial charge in [0.05, 0.1) is 11.0 Å². The molecule has 1 aromatic heterocycles. The number of hydrogen-bond donors (Lipinski definition) is 1. The molecule has 0 amide bonds. The molecule has 2 aromatic rings. The molecule has 0 saturated carbocycles. The van der Waals surface area contributed by atoms with Crippen molar-refractivity contribution in [3.05, 3.63) is 60.5 Å². The highest BCUT2D eigenvalue weighted by Crippen LogP contribution is 2.18. The monoisotopic (exact) mass is 238 g/mol. The second-order valence-electron chi connectivity index (χ2n) is 4.06. The summed E-state index contributed by atoms with van der Waals surface area (Å²) >= 11 is 0. The Morgan fingerprint density at radius 3 is 2.89 bits per heavy atom. The van der Waals surface area contributed by atoms with Crippen LogP contribution in [0.3, 0.4) is 0 Å². The first kappa shape index (κ1) is 12.4. The zero-order valence-corrected chi connectivity index (χ0v) is 10.9. The number of rotatable bonds is 4. The first-order valence-electron chi connectivity index (χ1n) is 6.29. The molecule has 1 N–H and O–H groups in total. The van der Waals surface area contributed by atoms with Gasteiger partial charge in [-0.1, -0.05) is 49.4 Å². The maximum atomic E-state index is 4.61. The number of nitrogens with one attached hydrogen (secondary N) is 1. The molecule has 1 heterocycles. The predicted molar refractivity (Wildman–Crippen MR) is 78.3 cm³/mol. The van der Waals surface area contributed by atoms with Crippen molar-refractivity contribution >= 4 is 16.6 Å². The molecule has 92 valence electrons. The number of nitrogens with zero attached hydrogens (tertiary/aromatic N) is 1. The average Bonchev–Trinajstić information content (AvgIpc) is 2.82. The van der Waals surface area contributed by atoms with Crippen LogP contribution in [0.4, 0.5) is 0 Å². The van der Waals surface area contributed by atoms with Crippen molar-refractivity contribution in [2.45, 2.75) is 20.3 Å². The van der Waals surface area contributed by atoms with Gasteiger partial charge in [-0.2, -0.15) is 0 Å². The fourth-order valence-electron chi connectivity index (χ4n) is 1.75. The van der Waals surface area contributed by atoms with Crippen molar-refractivity contribution in [3.63, 3.8) is 0 Å². The van der Waals surface area contributed by atoms with E-state index in [-0.39, 0.29) is 0 Å². The zero-order chi connectivity index (χ0) is 12.8. The highest BCUT2D eigenvalue weighted by molar-refractivity contribution is 5.81. The third-order valence-electron chi connectivity index (χ3n) is 2.66. The van der Waals surface area contributed by atoms with E-state index in [9.17, 15) is 0 Å². The van der Waals surface area contributed by atoms with Crippen molar-refractivity contribution in [1.82, 2.24) is 9.97 Å². The molecular formula is C16H18N2. The van der Waals surface area contributed by atoms with Crippen LogP contribution in [0.15, 0.2) is 54.6 Å². The van der Waals surface area contributed by atoms with Crippen LogP contribution < -0.4 is 0 Å². The Kier molecular flexibility index (Phi) is 4.13. The molecule has 2 nitrogen and oxygen atoms in total. The number of hydrogen-bond acceptors (Lipinski definition) is 1. The lowest BCUT2D eigenvalue weighted by molar-refractivity contribution is 1.22. The highest BCUT2D eigenvalue weighted by Gasteiger charge is 2.04. The summed E-state index contributed by atoms with van der Waals surface area (Å²) in [5.41, 5.74) is 3.18. The Labute approximate surface area is 108 Å². The molecule has 0 saturated heterocycles. The summed E-state index contributed by atoms with van der Waals surface area (Å²) in [7, 11) is 0. The number of aromatic nitrogens is 2. The summed E-state index contributed by atoms with van der Waals surface area (Å²) in [6.45, 7) is 4.14. The molecule has 0 aliphatic rings. The van der Waals surface area contributed by atoms with Gasteiger partial charge in [0.25, 0.3) is 0 Å². The summed E-state index contributed by atoms with van der Waals surface area (Å²) in [4.78, 5) is 7.96. The van der Waals surface area contributed by atoms with Gasteiger partial charge in [-0.05, 0) is 25.5 Å².